The smallest absolute Gasteiger partial charge is 0.261 e. The van der Waals surface area contributed by atoms with Gasteiger partial charge in [-0.15, -0.1) is 0 Å². The van der Waals surface area contributed by atoms with Gasteiger partial charge in [-0.25, -0.2) is 8.42 Å². The van der Waals surface area contributed by atoms with Crippen LogP contribution in [0.25, 0.3) is 0 Å². The number of primary amides is 1. The maximum atomic E-state index is 12.9. The number of aryl methyl sites for hydroxylation is 2. The van der Waals surface area contributed by atoms with Gasteiger partial charge in [0.05, 0.1) is 11.4 Å². The van der Waals surface area contributed by atoms with Crippen molar-refractivity contribution in [3.8, 4) is 0 Å². The predicted octanol–water partition coefficient (Wildman–Crippen LogP) is 1.78. The molecule has 4 N–H and O–H groups in total. The van der Waals surface area contributed by atoms with Crippen LogP contribution in [0.2, 0.25) is 0 Å². The van der Waals surface area contributed by atoms with E-state index in [0.29, 0.717) is 42.7 Å². The molecule has 0 aromatic heterocycles. The number of hydrogen-bond donors (Lipinski definition) is 3. The number of carbonyl (C=O) groups excluding carboxylic acids is 2. The van der Waals surface area contributed by atoms with Gasteiger partial charge in [0.25, 0.3) is 15.9 Å². The van der Waals surface area contributed by atoms with Gasteiger partial charge in [-0.1, -0.05) is 23.8 Å². The molecule has 1 heterocycles. The number of carbonyl (C=O) groups is 2. The molecule has 0 spiro atoms. The van der Waals surface area contributed by atoms with Crippen LogP contribution in [0.15, 0.2) is 47.4 Å². The number of likely N-dealkylation sites (tertiary alicyclic amines) is 1. The molecule has 0 unspecified atom stereocenters. The van der Waals surface area contributed by atoms with Gasteiger partial charge in [0, 0.05) is 30.4 Å². The minimum atomic E-state index is -3.83. The number of nitrogens with zero attached hydrogens (tertiary/aromatic N) is 1. The van der Waals surface area contributed by atoms with E-state index in [4.69, 9.17) is 5.73 Å². The molecular weight excluding hydrogens is 416 g/mol. The minimum Gasteiger partial charge on any atom is -0.369 e. The monoisotopic (exact) mass is 444 g/mol. The Labute approximate surface area is 182 Å². The van der Waals surface area contributed by atoms with E-state index < -0.39 is 10.0 Å². The molecule has 1 saturated heterocycles. The second-order valence-corrected chi connectivity index (χ2v) is 9.62. The molecule has 0 bridgehead atoms. The summed E-state index contributed by atoms with van der Waals surface area (Å²) in [6.45, 7) is 5.25. The lowest BCUT2D eigenvalue weighted by molar-refractivity contribution is -0.119. The lowest BCUT2D eigenvalue weighted by Gasteiger charge is -2.31. The van der Waals surface area contributed by atoms with E-state index in [2.05, 4.69) is 10.0 Å². The topological polar surface area (TPSA) is 122 Å². The second kappa shape index (κ2) is 9.49. The summed E-state index contributed by atoms with van der Waals surface area (Å²) in [5.41, 5.74) is 7.73. The van der Waals surface area contributed by atoms with E-state index in [-0.39, 0.29) is 29.3 Å². The molecule has 0 aliphatic carbocycles. The van der Waals surface area contributed by atoms with Crippen molar-refractivity contribution in [3.05, 3.63) is 59.2 Å². The average molecular weight is 445 g/mol. The number of rotatable bonds is 7. The van der Waals surface area contributed by atoms with Crippen LogP contribution in [-0.4, -0.2) is 50.8 Å². The summed E-state index contributed by atoms with van der Waals surface area (Å²) < 4.78 is 28.1. The Balaban J connectivity index is 1.69. The molecule has 0 atom stereocenters. The highest BCUT2D eigenvalue weighted by atomic mass is 32.2. The Morgan fingerprint density at radius 3 is 2.32 bits per heavy atom. The Morgan fingerprint density at radius 2 is 1.71 bits per heavy atom. The first kappa shape index (κ1) is 22.8. The number of nitrogens with two attached hydrogens (primary N) is 1. The van der Waals surface area contributed by atoms with Crippen LogP contribution >= 0.6 is 0 Å². The number of anilines is 1. The van der Waals surface area contributed by atoms with E-state index in [1.807, 2.05) is 24.0 Å². The standard InChI is InChI=1S/C22H28N4O4S/c1-15-3-6-18(7-4-15)25-31(29,30)19-8-5-16(2)20(13-19)22(28)24-17-9-11-26(12-10-17)14-21(23)27/h3-8,13,17,25H,9-12,14H2,1-2H3,(H2,23,27)(H,24,28). The van der Waals surface area contributed by atoms with Gasteiger partial charge in [-0.3, -0.25) is 19.2 Å². The van der Waals surface area contributed by atoms with Crippen molar-refractivity contribution in [2.75, 3.05) is 24.4 Å². The SMILES string of the molecule is Cc1ccc(NS(=O)(=O)c2ccc(C)c(C(=O)NC3CCN(CC(N)=O)CC3)c2)cc1. The number of nitrogens with one attached hydrogen (secondary N) is 2. The molecule has 166 valence electrons. The molecule has 2 aromatic rings. The predicted molar refractivity (Wildman–Crippen MR) is 119 cm³/mol. The van der Waals surface area contributed by atoms with Crippen molar-refractivity contribution in [1.82, 2.24) is 10.2 Å². The van der Waals surface area contributed by atoms with Crippen LogP contribution in [0.1, 0.15) is 34.3 Å². The zero-order valence-electron chi connectivity index (χ0n) is 17.7. The van der Waals surface area contributed by atoms with Gasteiger partial charge in [0.15, 0.2) is 0 Å². The third-order valence-corrected chi connectivity index (χ3v) is 6.75. The zero-order chi connectivity index (χ0) is 22.6. The van der Waals surface area contributed by atoms with Crippen molar-refractivity contribution >= 4 is 27.5 Å². The van der Waals surface area contributed by atoms with E-state index in [9.17, 15) is 18.0 Å². The van der Waals surface area contributed by atoms with Crippen LogP contribution in [0.3, 0.4) is 0 Å². The summed E-state index contributed by atoms with van der Waals surface area (Å²) in [5, 5.41) is 2.99. The highest BCUT2D eigenvalue weighted by molar-refractivity contribution is 7.92. The number of hydrogen-bond acceptors (Lipinski definition) is 5. The molecule has 0 radical (unpaired) electrons. The summed E-state index contributed by atoms with van der Waals surface area (Å²) in [6, 6.07) is 11.5. The Morgan fingerprint density at radius 1 is 1.06 bits per heavy atom. The highest BCUT2D eigenvalue weighted by Crippen LogP contribution is 2.20. The summed E-state index contributed by atoms with van der Waals surface area (Å²) in [5.74, 6) is -0.673. The first-order valence-electron chi connectivity index (χ1n) is 10.2. The molecule has 0 saturated carbocycles. The summed E-state index contributed by atoms with van der Waals surface area (Å²) in [7, 11) is -3.83. The van der Waals surface area contributed by atoms with E-state index in [0.717, 1.165) is 5.56 Å². The summed E-state index contributed by atoms with van der Waals surface area (Å²) >= 11 is 0. The summed E-state index contributed by atoms with van der Waals surface area (Å²) in [6.07, 6.45) is 1.40. The molecule has 9 heteroatoms. The normalized spacial score (nSPS) is 15.4. The Kier molecular flexibility index (Phi) is 6.97. The maximum absolute atomic E-state index is 12.9. The fraction of sp³-hybridized carbons (Fsp3) is 0.364. The molecule has 1 aliphatic rings. The number of sulfonamides is 1. The van der Waals surface area contributed by atoms with E-state index >= 15 is 0 Å². The fourth-order valence-corrected chi connectivity index (χ4v) is 4.65. The van der Waals surface area contributed by atoms with Crippen molar-refractivity contribution in [3.63, 3.8) is 0 Å². The molecule has 1 aliphatic heterocycles. The fourth-order valence-electron chi connectivity index (χ4n) is 3.57. The van der Waals surface area contributed by atoms with Crippen molar-refractivity contribution < 1.29 is 18.0 Å². The van der Waals surface area contributed by atoms with E-state index in [1.54, 1.807) is 25.1 Å². The molecular formula is C22H28N4O4S. The molecule has 3 rings (SSSR count). The van der Waals surface area contributed by atoms with Crippen LogP contribution in [0, 0.1) is 13.8 Å². The Bertz CT molecular complexity index is 1060. The lowest BCUT2D eigenvalue weighted by atomic mass is 10.0. The number of piperidine rings is 1. The lowest BCUT2D eigenvalue weighted by Crippen LogP contribution is -2.46. The average Bonchev–Trinajstić information content (AvgIpc) is 2.71. The third-order valence-electron chi connectivity index (χ3n) is 5.37. The summed E-state index contributed by atoms with van der Waals surface area (Å²) in [4.78, 5) is 25.9. The minimum absolute atomic E-state index is 0.0279. The van der Waals surface area contributed by atoms with Crippen LogP contribution in [0.4, 0.5) is 5.69 Å². The largest absolute Gasteiger partial charge is 0.369 e. The van der Waals surface area contributed by atoms with E-state index in [1.165, 1.54) is 12.1 Å². The van der Waals surface area contributed by atoms with Gasteiger partial charge < -0.3 is 11.1 Å². The van der Waals surface area contributed by atoms with Gasteiger partial charge in [0.2, 0.25) is 5.91 Å². The third kappa shape index (κ3) is 6.05. The molecule has 31 heavy (non-hydrogen) atoms. The quantitative estimate of drug-likeness (QED) is 0.601. The zero-order valence-corrected chi connectivity index (χ0v) is 18.5. The first-order valence-corrected chi connectivity index (χ1v) is 11.6. The second-order valence-electron chi connectivity index (χ2n) is 7.94. The molecule has 2 aromatic carbocycles. The van der Waals surface area contributed by atoms with Gasteiger partial charge >= 0.3 is 0 Å². The van der Waals surface area contributed by atoms with Crippen LogP contribution < -0.4 is 15.8 Å². The molecule has 1 fully saturated rings. The maximum Gasteiger partial charge on any atom is 0.261 e. The van der Waals surface area contributed by atoms with Crippen molar-refractivity contribution in [2.45, 2.75) is 37.6 Å². The molecule has 8 nitrogen and oxygen atoms in total. The van der Waals surface area contributed by atoms with Gasteiger partial charge in [0.1, 0.15) is 0 Å². The van der Waals surface area contributed by atoms with Crippen LogP contribution in [-0.2, 0) is 14.8 Å². The number of amides is 2. The molecule has 2 amide bonds. The number of benzene rings is 2. The van der Waals surface area contributed by atoms with Gasteiger partial charge in [-0.2, -0.15) is 0 Å². The van der Waals surface area contributed by atoms with Crippen LogP contribution in [0.5, 0.6) is 0 Å². The highest BCUT2D eigenvalue weighted by Gasteiger charge is 2.24. The van der Waals surface area contributed by atoms with Crippen molar-refractivity contribution in [2.24, 2.45) is 5.73 Å². The first-order chi connectivity index (χ1) is 14.6. The van der Waals surface area contributed by atoms with Gasteiger partial charge in [-0.05, 0) is 56.5 Å². The van der Waals surface area contributed by atoms with Crippen molar-refractivity contribution in [1.29, 1.82) is 0 Å². The Hall–Kier alpha value is -2.91.